The molecule has 0 radical (unpaired) electrons. The summed E-state index contributed by atoms with van der Waals surface area (Å²) in [6.07, 6.45) is 0. The fourth-order valence-electron chi connectivity index (χ4n) is 2.42. The summed E-state index contributed by atoms with van der Waals surface area (Å²) in [5.41, 5.74) is -0.342. The molecule has 0 fully saturated rings. The van der Waals surface area contributed by atoms with E-state index in [1.165, 1.54) is 19.1 Å². The Hall–Kier alpha value is -2.82. The van der Waals surface area contributed by atoms with Crippen LogP contribution < -0.4 is 0 Å². The van der Waals surface area contributed by atoms with E-state index >= 15 is 0 Å². The van der Waals surface area contributed by atoms with Crippen molar-refractivity contribution in [2.45, 2.75) is 6.92 Å². The molecule has 0 aliphatic heterocycles. The highest BCUT2D eigenvalue weighted by Gasteiger charge is 2.36. The van der Waals surface area contributed by atoms with Crippen LogP contribution in [0.25, 0.3) is 0 Å². The topological polar surface area (TPSA) is 94.8 Å². The first-order valence-corrected chi connectivity index (χ1v) is 5.91. The minimum atomic E-state index is -0.678. The number of phenolic OH excluding ortho intramolecular Hbond substituents is 3. The van der Waals surface area contributed by atoms with Gasteiger partial charge in [-0.05, 0) is 6.92 Å². The van der Waals surface area contributed by atoms with Crippen LogP contribution in [0, 0.1) is 6.92 Å². The van der Waals surface area contributed by atoms with E-state index < -0.39 is 28.8 Å². The van der Waals surface area contributed by atoms with Gasteiger partial charge in [-0.3, -0.25) is 9.59 Å². The van der Waals surface area contributed by atoms with Gasteiger partial charge in [-0.15, -0.1) is 0 Å². The quantitative estimate of drug-likeness (QED) is 0.428. The molecule has 0 atom stereocenters. The van der Waals surface area contributed by atoms with Crippen LogP contribution in [0.5, 0.6) is 17.2 Å². The first kappa shape index (κ1) is 12.2. The number of carbonyl (C=O) groups is 2. The molecule has 5 nitrogen and oxygen atoms in total. The van der Waals surface area contributed by atoms with Crippen molar-refractivity contribution in [2.75, 3.05) is 0 Å². The summed E-state index contributed by atoms with van der Waals surface area (Å²) < 4.78 is 0. The van der Waals surface area contributed by atoms with E-state index in [1.54, 1.807) is 12.1 Å². The highest BCUT2D eigenvalue weighted by atomic mass is 16.3. The summed E-state index contributed by atoms with van der Waals surface area (Å²) in [6.45, 7) is 1.35. The minimum Gasteiger partial charge on any atom is -0.507 e. The highest BCUT2D eigenvalue weighted by Crippen LogP contribution is 2.45. The standard InChI is InChI=1S/C15H10O5/c1-6-11(16)9-10(15(20)12(6)17)14(19)8-5-3-2-4-7(8)13(9)18/h2-5,16-17,20H,1H3. The molecule has 0 bridgehead atoms. The molecule has 100 valence electrons. The van der Waals surface area contributed by atoms with Gasteiger partial charge in [-0.1, -0.05) is 24.3 Å². The SMILES string of the molecule is Cc1c(O)c(O)c2c(c1O)C(=O)c1ccccc1C2=O. The van der Waals surface area contributed by atoms with Crippen molar-refractivity contribution in [3.05, 3.63) is 52.1 Å². The van der Waals surface area contributed by atoms with Crippen molar-refractivity contribution in [2.24, 2.45) is 0 Å². The van der Waals surface area contributed by atoms with Crippen molar-refractivity contribution in [3.8, 4) is 17.2 Å². The second-order valence-electron chi connectivity index (χ2n) is 4.62. The predicted octanol–water partition coefficient (Wildman–Crippen LogP) is 1.89. The van der Waals surface area contributed by atoms with Crippen molar-refractivity contribution in [1.29, 1.82) is 0 Å². The van der Waals surface area contributed by atoms with Crippen LogP contribution in [-0.4, -0.2) is 26.9 Å². The lowest BCUT2D eigenvalue weighted by atomic mass is 9.82. The van der Waals surface area contributed by atoms with Gasteiger partial charge in [0.1, 0.15) is 5.75 Å². The summed E-state index contributed by atoms with van der Waals surface area (Å²) in [5.74, 6) is -2.91. The molecular formula is C15H10O5. The van der Waals surface area contributed by atoms with Gasteiger partial charge in [-0.25, -0.2) is 0 Å². The average molecular weight is 270 g/mol. The van der Waals surface area contributed by atoms with E-state index in [1.807, 2.05) is 0 Å². The molecule has 0 spiro atoms. The molecule has 1 aliphatic carbocycles. The normalized spacial score (nSPS) is 13.1. The van der Waals surface area contributed by atoms with Gasteiger partial charge in [0, 0.05) is 16.7 Å². The lowest BCUT2D eigenvalue weighted by Crippen LogP contribution is -2.21. The number of hydrogen-bond acceptors (Lipinski definition) is 5. The molecule has 5 heteroatoms. The third-order valence-electron chi connectivity index (χ3n) is 3.53. The van der Waals surface area contributed by atoms with Crippen LogP contribution in [0.4, 0.5) is 0 Å². The molecule has 2 aromatic rings. The maximum atomic E-state index is 12.4. The van der Waals surface area contributed by atoms with Gasteiger partial charge in [0.15, 0.2) is 23.1 Å². The third-order valence-corrected chi connectivity index (χ3v) is 3.53. The Morgan fingerprint density at radius 1 is 0.750 bits per heavy atom. The number of phenols is 3. The largest absolute Gasteiger partial charge is 0.507 e. The minimum absolute atomic E-state index is 0.0400. The zero-order valence-corrected chi connectivity index (χ0v) is 10.5. The molecule has 3 N–H and O–H groups in total. The van der Waals surface area contributed by atoms with Crippen molar-refractivity contribution in [3.63, 3.8) is 0 Å². The maximum absolute atomic E-state index is 12.4. The first-order chi connectivity index (χ1) is 9.45. The van der Waals surface area contributed by atoms with Gasteiger partial charge in [0.05, 0.1) is 11.1 Å². The number of carbonyl (C=O) groups excluding carboxylic acids is 2. The fourth-order valence-corrected chi connectivity index (χ4v) is 2.42. The van der Waals surface area contributed by atoms with Crippen LogP contribution in [0.15, 0.2) is 24.3 Å². The lowest BCUT2D eigenvalue weighted by Gasteiger charge is -2.21. The first-order valence-electron chi connectivity index (χ1n) is 5.91. The molecule has 0 saturated carbocycles. The van der Waals surface area contributed by atoms with Gasteiger partial charge in [-0.2, -0.15) is 0 Å². The zero-order chi connectivity index (χ0) is 14.6. The molecule has 0 heterocycles. The van der Waals surface area contributed by atoms with E-state index in [9.17, 15) is 24.9 Å². The number of benzene rings is 2. The second-order valence-corrected chi connectivity index (χ2v) is 4.62. The second kappa shape index (κ2) is 3.84. The van der Waals surface area contributed by atoms with Gasteiger partial charge >= 0.3 is 0 Å². The highest BCUT2D eigenvalue weighted by molar-refractivity contribution is 6.30. The fraction of sp³-hybridized carbons (Fsp3) is 0.0667. The van der Waals surface area contributed by atoms with Gasteiger partial charge < -0.3 is 15.3 Å². The van der Waals surface area contributed by atoms with E-state index in [-0.39, 0.29) is 27.8 Å². The molecule has 0 unspecified atom stereocenters. The van der Waals surface area contributed by atoms with Crippen LogP contribution in [0.1, 0.15) is 37.4 Å². The predicted molar refractivity (Wildman–Crippen MR) is 69.5 cm³/mol. The monoisotopic (exact) mass is 270 g/mol. The Labute approximate surface area is 113 Å². The van der Waals surface area contributed by atoms with Crippen molar-refractivity contribution >= 4 is 11.6 Å². The summed E-state index contributed by atoms with van der Waals surface area (Å²) in [6, 6.07) is 6.15. The van der Waals surface area contributed by atoms with Crippen LogP contribution in [0.3, 0.4) is 0 Å². The summed E-state index contributed by atoms with van der Waals surface area (Å²) >= 11 is 0. The molecule has 3 rings (SSSR count). The van der Waals surface area contributed by atoms with E-state index in [4.69, 9.17) is 0 Å². The number of aromatic hydroxyl groups is 3. The summed E-state index contributed by atoms with van der Waals surface area (Å²) in [7, 11) is 0. The molecule has 0 amide bonds. The Balaban J connectivity index is 2.46. The number of ketones is 2. The molecule has 1 aliphatic rings. The Kier molecular flexibility index (Phi) is 2.34. The molecule has 20 heavy (non-hydrogen) atoms. The average Bonchev–Trinajstić information content (AvgIpc) is 2.46. The van der Waals surface area contributed by atoms with E-state index in [2.05, 4.69) is 0 Å². The van der Waals surface area contributed by atoms with Crippen LogP contribution in [0.2, 0.25) is 0 Å². The zero-order valence-electron chi connectivity index (χ0n) is 10.5. The molecule has 0 saturated heterocycles. The third kappa shape index (κ3) is 1.31. The van der Waals surface area contributed by atoms with E-state index in [0.717, 1.165) is 0 Å². The number of hydrogen-bond donors (Lipinski definition) is 3. The van der Waals surface area contributed by atoms with Gasteiger partial charge in [0.2, 0.25) is 0 Å². The van der Waals surface area contributed by atoms with Crippen LogP contribution >= 0.6 is 0 Å². The van der Waals surface area contributed by atoms with Crippen LogP contribution in [-0.2, 0) is 0 Å². The molecular weight excluding hydrogens is 260 g/mol. The molecule has 0 aromatic heterocycles. The number of fused-ring (bicyclic) bond motifs is 2. The number of rotatable bonds is 0. The Morgan fingerprint density at radius 2 is 1.20 bits per heavy atom. The van der Waals surface area contributed by atoms with Crippen molar-refractivity contribution < 1.29 is 24.9 Å². The smallest absolute Gasteiger partial charge is 0.198 e. The summed E-state index contributed by atoms with van der Waals surface area (Å²) in [5, 5.41) is 29.7. The maximum Gasteiger partial charge on any atom is 0.198 e. The lowest BCUT2D eigenvalue weighted by molar-refractivity contribution is 0.0973. The molecule has 2 aromatic carbocycles. The van der Waals surface area contributed by atoms with E-state index in [0.29, 0.717) is 0 Å². The Morgan fingerprint density at radius 3 is 1.70 bits per heavy atom. The van der Waals surface area contributed by atoms with Crippen molar-refractivity contribution in [1.82, 2.24) is 0 Å². The Bertz CT molecular complexity index is 723. The summed E-state index contributed by atoms with van der Waals surface area (Å²) in [4.78, 5) is 24.7. The van der Waals surface area contributed by atoms with Gasteiger partial charge in [0.25, 0.3) is 0 Å².